The van der Waals surface area contributed by atoms with Gasteiger partial charge in [-0.2, -0.15) is 5.10 Å². The van der Waals surface area contributed by atoms with E-state index in [4.69, 9.17) is 5.73 Å². The summed E-state index contributed by atoms with van der Waals surface area (Å²) in [6, 6.07) is 11.9. The van der Waals surface area contributed by atoms with E-state index in [-0.39, 0.29) is 5.91 Å². The molecule has 7 nitrogen and oxygen atoms in total. The monoisotopic (exact) mass is 386 g/mol. The summed E-state index contributed by atoms with van der Waals surface area (Å²) in [4.78, 5) is 21.3. The smallest absolute Gasteiger partial charge is 0.254 e. The van der Waals surface area contributed by atoms with E-state index in [0.717, 1.165) is 33.3 Å². The second kappa shape index (κ2) is 7.71. The molecule has 0 aliphatic carbocycles. The normalized spacial score (nSPS) is 11.0. The Kier molecular flexibility index (Phi) is 4.95. The molecular weight excluding hydrogens is 364 g/mol. The van der Waals surface area contributed by atoms with E-state index in [1.807, 2.05) is 50.4 Å². The zero-order valence-electron chi connectivity index (χ0n) is 16.4. The molecule has 0 aliphatic rings. The van der Waals surface area contributed by atoms with Crippen molar-refractivity contribution in [2.45, 2.75) is 26.9 Å². The summed E-state index contributed by atoms with van der Waals surface area (Å²) in [5.41, 5.74) is 11.1. The number of fused-ring (bicyclic) bond motifs is 1. The molecular formula is C22H22N6O. The van der Waals surface area contributed by atoms with Gasteiger partial charge in [-0.25, -0.2) is 4.98 Å². The number of pyridine rings is 2. The average Bonchev–Trinajstić information content (AvgIpc) is 3.15. The van der Waals surface area contributed by atoms with Gasteiger partial charge < -0.3 is 11.1 Å². The quantitative estimate of drug-likeness (QED) is 0.549. The fourth-order valence-electron chi connectivity index (χ4n) is 3.38. The van der Waals surface area contributed by atoms with Crippen molar-refractivity contribution in [3.05, 3.63) is 82.9 Å². The van der Waals surface area contributed by atoms with Crippen LogP contribution in [0.1, 0.15) is 32.7 Å². The molecule has 0 bridgehead atoms. The fraction of sp³-hybridized carbons (Fsp3) is 0.182. The molecule has 0 aliphatic heterocycles. The average molecular weight is 386 g/mol. The summed E-state index contributed by atoms with van der Waals surface area (Å²) in [6.45, 7) is 4.79. The predicted molar refractivity (Wildman–Crippen MR) is 112 cm³/mol. The van der Waals surface area contributed by atoms with Crippen LogP contribution in [-0.4, -0.2) is 25.7 Å². The minimum absolute atomic E-state index is 0.177. The Balaban J connectivity index is 1.43. The molecule has 3 N–H and O–H groups in total. The molecule has 146 valence electrons. The number of carbonyl (C=O) groups excluding carboxylic acids is 1. The summed E-state index contributed by atoms with van der Waals surface area (Å²) in [5, 5.41) is 8.33. The fourth-order valence-corrected chi connectivity index (χ4v) is 3.38. The Morgan fingerprint density at radius 2 is 2.00 bits per heavy atom. The second-order valence-electron chi connectivity index (χ2n) is 7.07. The van der Waals surface area contributed by atoms with E-state index >= 15 is 0 Å². The third-order valence-electron chi connectivity index (χ3n) is 4.89. The minimum atomic E-state index is -0.177. The number of hydrogen-bond donors (Lipinski definition) is 2. The molecule has 3 heterocycles. The molecule has 0 spiro atoms. The number of para-hydroxylation sites is 1. The molecule has 1 aromatic carbocycles. The number of benzene rings is 1. The van der Waals surface area contributed by atoms with Crippen LogP contribution in [0, 0.1) is 13.8 Å². The first kappa shape index (κ1) is 18.6. The Labute approximate surface area is 168 Å². The lowest BCUT2D eigenvalue weighted by Gasteiger charge is -2.11. The topological polar surface area (TPSA) is 98.7 Å². The molecule has 0 radical (unpaired) electrons. The molecule has 4 aromatic rings. The highest BCUT2D eigenvalue weighted by Crippen LogP contribution is 2.15. The highest BCUT2D eigenvalue weighted by atomic mass is 16.1. The van der Waals surface area contributed by atoms with E-state index in [0.29, 0.717) is 24.5 Å². The summed E-state index contributed by atoms with van der Waals surface area (Å²) in [5.74, 6) is 0.308. The van der Waals surface area contributed by atoms with Gasteiger partial charge in [-0.15, -0.1) is 0 Å². The molecule has 0 saturated heterocycles. The number of nitrogens with one attached hydrogen (secondary N) is 1. The van der Waals surface area contributed by atoms with Crippen molar-refractivity contribution in [2.24, 2.45) is 0 Å². The van der Waals surface area contributed by atoms with Crippen LogP contribution in [-0.2, 0) is 13.1 Å². The first-order valence-electron chi connectivity index (χ1n) is 9.36. The van der Waals surface area contributed by atoms with E-state index < -0.39 is 0 Å². The molecule has 0 fully saturated rings. The maximum atomic E-state index is 12.5. The number of amides is 1. The number of nitrogens with zero attached hydrogens (tertiary/aromatic N) is 4. The zero-order chi connectivity index (χ0) is 20.4. The van der Waals surface area contributed by atoms with Gasteiger partial charge in [-0.05, 0) is 48.7 Å². The van der Waals surface area contributed by atoms with Crippen molar-refractivity contribution in [2.75, 3.05) is 5.73 Å². The number of carbonyl (C=O) groups is 1. The predicted octanol–water partition coefficient (Wildman–Crippen LogP) is 3.00. The standard InChI is InChI=1S/C22H22N6O/c1-14-7-21(23)27-15(2)19(14)11-25-22(29)18-10-26-28(13-18)12-16-8-17-5-3-4-6-20(17)24-9-16/h3-10,13H,11-12H2,1-2H3,(H2,23,27)(H,25,29). The van der Waals surface area contributed by atoms with E-state index in [1.54, 1.807) is 17.1 Å². The first-order chi connectivity index (χ1) is 14.0. The van der Waals surface area contributed by atoms with Crippen LogP contribution in [0.25, 0.3) is 10.9 Å². The highest BCUT2D eigenvalue weighted by Gasteiger charge is 2.11. The molecule has 0 unspecified atom stereocenters. The number of rotatable bonds is 5. The van der Waals surface area contributed by atoms with Gasteiger partial charge in [0.1, 0.15) is 5.82 Å². The van der Waals surface area contributed by atoms with Crippen molar-refractivity contribution in [3.63, 3.8) is 0 Å². The van der Waals surface area contributed by atoms with Gasteiger partial charge in [0.05, 0.1) is 23.8 Å². The Morgan fingerprint density at radius 1 is 1.17 bits per heavy atom. The van der Waals surface area contributed by atoms with Gasteiger partial charge >= 0.3 is 0 Å². The Hall–Kier alpha value is -3.74. The van der Waals surface area contributed by atoms with Crippen LogP contribution < -0.4 is 11.1 Å². The number of nitrogen functional groups attached to an aromatic ring is 1. The molecule has 3 aromatic heterocycles. The second-order valence-corrected chi connectivity index (χ2v) is 7.07. The van der Waals surface area contributed by atoms with Crippen LogP contribution in [0.15, 0.2) is 55.0 Å². The van der Waals surface area contributed by atoms with Crippen molar-refractivity contribution in [1.29, 1.82) is 0 Å². The van der Waals surface area contributed by atoms with Gasteiger partial charge in [0.2, 0.25) is 0 Å². The van der Waals surface area contributed by atoms with Gasteiger partial charge in [-0.3, -0.25) is 14.5 Å². The molecule has 29 heavy (non-hydrogen) atoms. The maximum Gasteiger partial charge on any atom is 0.254 e. The number of anilines is 1. The molecule has 7 heteroatoms. The third-order valence-corrected chi connectivity index (χ3v) is 4.89. The lowest BCUT2D eigenvalue weighted by molar-refractivity contribution is 0.0950. The largest absolute Gasteiger partial charge is 0.384 e. The van der Waals surface area contributed by atoms with Gasteiger partial charge in [0, 0.05) is 30.0 Å². The van der Waals surface area contributed by atoms with Gasteiger partial charge in [0.15, 0.2) is 0 Å². The first-order valence-corrected chi connectivity index (χ1v) is 9.36. The van der Waals surface area contributed by atoms with Crippen LogP contribution >= 0.6 is 0 Å². The van der Waals surface area contributed by atoms with Crippen molar-refractivity contribution in [1.82, 2.24) is 25.1 Å². The van der Waals surface area contributed by atoms with Gasteiger partial charge in [0.25, 0.3) is 5.91 Å². The summed E-state index contributed by atoms with van der Waals surface area (Å²) in [6.07, 6.45) is 5.15. The maximum absolute atomic E-state index is 12.5. The van der Waals surface area contributed by atoms with Crippen LogP contribution in [0.4, 0.5) is 5.82 Å². The van der Waals surface area contributed by atoms with Crippen LogP contribution in [0.5, 0.6) is 0 Å². The highest BCUT2D eigenvalue weighted by molar-refractivity contribution is 5.93. The SMILES string of the molecule is Cc1cc(N)nc(C)c1CNC(=O)c1cnn(Cc2cnc3ccccc3c2)c1. The molecule has 0 atom stereocenters. The van der Waals surface area contributed by atoms with E-state index in [1.165, 1.54) is 0 Å². The molecule has 1 amide bonds. The van der Waals surface area contributed by atoms with E-state index in [2.05, 4.69) is 26.4 Å². The summed E-state index contributed by atoms with van der Waals surface area (Å²) >= 11 is 0. The number of nitrogens with two attached hydrogens (primary N) is 1. The summed E-state index contributed by atoms with van der Waals surface area (Å²) in [7, 11) is 0. The minimum Gasteiger partial charge on any atom is -0.384 e. The Morgan fingerprint density at radius 3 is 2.83 bits per heavy atom. The molecule has 0 saturated carbocycles. The Bertz CT molecular complexity index is 1170. The number of aromatic nitrogens is 4. The van der Waals surface area contributed by atoms with Crippen molar-refractivity contribution >= 4 is 22.6 Å². The van der Waals surface area contributed by atoms with Crippen molar-refractivity contribution < 1.29 is 4.79 Å². The number of hydrogen-bond acceptors (Lipinski definition) is 5. The van der Waals surface area contributed by atoms with Crippen molar-refractivity contribution in [3.8, 4) is 0 Å². The third kappa shape index (κ3) is 4.08. The van der Waals surface area contributed by atoms with Crippen LogP contribution in [0.3, 0.4) is 0 Å². The zero-order valence-corrected chi connectivity index (χ0v) is 16.4. The molecule has 4 rings (SSSR count). The van der Waals surface area contributed by atoms with E-state index in [9.17, 15) is 4.79 Å². The lowest BCUT2D eigenvalue weighted by atomic mass is 10.1. The van der Waals surface area contributed by atoms with Crippen LogP contribution in [0.2, 0.25) is 0 Å². The van der Waals surface area contributed by atoms with Gasteiger partial charge in [-0.1, -0.05) is 18.2 Å². The summed E-state index contributed by atoms with van der Waals surface area (Å²) < 4.78 is 1.74. The number of aryl methyl sites for hydroxylation is 2. The lowest BCUT2D eigenvalue weighted by Crippen LogP contribution is -2.23.